The second kappa shape index (κ2) is 9.50. The second-order valence-electron chi connectivity index (χ2n) is 6.96. The van der Waals surface area contributed by atoms with Crippen LogP contribution in [0, 0.1) is 0 Å². The predicted molar refractivity (Wildman–Crippen MR) is 102 cm³/mol. The first-order valence-corrected chi connectivity index (χ1v) is 9.67. The van der Waals surface area contributed by atoms with E-state index in [2.05, 4.69) is 10.1 Å². The summed E-state index contributed by atoms with van der Waals surface area (Å²) in [6.07, 6.45) is 5.40. The lowest BCUT2D eigenvalue weighted by Gasteiger charge is -2.31. The van der Waals surface area contributed by atoms with E-state index in [-0.39, 0.29) is 11.8 Å². The molecule has 0 saturated carbocycles. The average Bonchev–Trinajstić information content (AvgIpc) is 3.21. The smallest absolute Gasteiger partial charge is 0.231 e. The molecule has 1 unspecified atom stereocenters. The van der Waals surface area contributed by atoms with E-state index in [9.17, 15) is 4.79 Å². The number of benzene rings is 1. The van der Waals surface area contributed by atoms with Crippen molar-refractivity contribution in [1.29, 1.82) is 0 Å². The Morgan fingerprint density at radius 3 is 2.85 bits per heavy atom. The van der Waals surface area contributed by atoms with Crippen molar-refractivity contribution in [3.63, 3.8) is 0 Å². The maximum absolute atomic E-state index is 12.4. The summed E-state index contributed by atoms with van der Waals surface area (Å²) in [5, 5.41) is 4.11. The number of hydrogen-bond donors (Lipinski definition) is 1. The number of carbonyl (C=O) groups is 1. The lowest BCUT2D eigenvalue weighted by Crippen LogP contribution is -2.39. The molecule has 1 aromatic carbocycles. The molecule has 1 aliphatic rings. The number of hydrogen-bond acceptors (Lipinski definition) is 6. The fourth-order valence-electron chi connectivity index (χ4n) is 3.42. The molecule has 2 N–H and O–H groups in total. The Hall–Kier alpha value is -2.41. The Bertz CT molecular complexity index is 729. The third-order valence-corrected chi connectivity index (χ3v) is 5.01. The number of piperidine rings is 1. The summed E-state index contributed by atoms with van der Waals surface area (Å²) in [6.45, 7) is 2.15. The number of likely N-dealkylation sites (tertiary alicyclic amines) is 1. The zero-order valence-electron chi connectivity index (χ0n) is 15.9. The SMILES string of the molecule is COc1ccc(-c2noc(C3CCCN(C(=O)CCCCCN)C3)n2)cc1. The van der Waals surface area contributed by atoms with E-state index < -0.39 is 0 Å². The number of ether oxygens (including phenoxy) is 1. The van der Waals surface area contributed by atoms with Crippen molar-refractivity contribution in [1.82, 2.24) is 15.0 Å². The molecule has 7 heteroatoms. The van der Waals surface area contributed by atoms with Crippen LogP contribution in [0.2, 0.25) is 0 Å². The minimum absolute atomic E-state index is 0.103. The number of nitrogens with zero attached hydrogens (tertiary/aromatic N) is 3. The molecule has 7 nitrogen and oxygen atoms in total. The molecule has 1 fully saturated rings. The summed E-state index contributed by atoms with van der Waals surface area (Å²) in [5.41, 5.74) is 6.39. The zero-order valence-corrected chi connectivity index (χ0v) is 15.9. The van der Waals surface area contributed by atoms with Crippen LogP contribution in [0.4, 0.5) is 0 Å². The number of carbonyl (C=O) groups excluding carboxylic acids is 1. The molecule has 0 aliphatic carbocycles. The number of unbranched alkanes of at least 4 members (excludes halogenated alkanes) is 2. The minimum atomic E-state index is 0.103. The van der Waals surface area contributed by atoms with Crippen molar-refractivity contribution < 1.29 is 14.1 Å². The van der Waals surface area contributed by atoms with Crippen LogP contribution < -0.4 is 10.5 Å². The average molecular weight is 372 g/mol. The van der Waals surface area contributed by atoms with Crippen LogP contribution >= 0.6 is 0 Å². The Morgan fingerprint density at radius 2 is 2.11 bits per heavy atom. The maximum atomic E-state index is 12.4. The highest BCUT2D eigenvalue weighted by Crippen LogP contribution is 2.28. The Balaban J connectivity index is 1.59. The van der Waals surface area contributed by atoms with Gasteiger partial charge in [0, 0.05) is 25.1 Å². The second-order valence-corrected chi connectivity index (χ2v) is 6.96. The van der Waals surface area contributed by atoms with Crippen LogP contribution in [0.1, 0.15) is 50.3 Å². The first kappa shape index (κ1) is 19.4. The number of aromatic nitrogens is 2. The van der Waals surface area contributed by atoms with Gasteiger partial charge in [0.05, 0.1) is 13.0 Å². The quantitative estimate of drug-likeness (QED) is 0.716. The van der Waals surface area contributed by atoms with Gasteiger partial charge in [-0.05, 0) is 56.5 Å². The van der Waals surface area contributed by atoms with Crippen molar-refractivity contribution in [3.8, 4) is 17.1 Å². The van der Waals surface area contributed by atoms with E-state index in [1.54, 1.807) is 7.11 Å². The standard InChI is InChI=1S/C20H28N4O3/c1-26-17-10-8-15(9-11-17)19-22-20(27-23-19)16-6-5-13-24(14-16)18(25)7-3-2-4-12-21/h8-11,16H,2-7,12-14,21H2,1H3. The van der Waals surface area contributed by atoms with Gasteiger partial charge >= 0.3 is 0 Å². The van der Waals surface area contributed by atoms with E-state index in [4.69, 9.17) is 15.0 Å². The van der Waals surface area contributed by atoms with Gasteiger partial charge in [-0.3, -0.25) is 4.79 Å². The summed E-state index contributed by atoms with van der Waals surface area (Å²) >= 11 is 0. The molecule has 0 radical (unpaired) electrons. The Kier molecular flexibility index (Phi) is 6.81. The molecule has 146 valence electrons. The molecule has 0 bridgehead atoms. The van der Waals surface area contributed by atoms with Gasteiger partial charge in [0.1, 0.15) is 5.75 Å². The molecule has 27 heavy (non-hydrogen) atoms. The van der Waals surface area contributed by atoms with Crippen molar-refractivity contribution in [2.24, 2.45) is 5.73 Å². The van der Waals surface area contributed by atoms with E-state index in [1.807, 2.05) is 29.2 Å². The monoisotopic (exact) mass is 372 g/mol. The van der Waals surface area contributed by atoms with Gasteiger partial charge in [-0.15, -0.1) is 0 Å². The third kappa shape index (κ3) is 5.07. The Labute approximate surface area is 159 Å². The third-order valence-electron chi connectivity index (χ3n) is 5.01. The number of rotatable bonds is 8. The number of amides is 1. The Morgan fingerprint density at radius 1 is 1.30 bits per heavy atom. The van der Waals surface area contributed by atoms with Crippen LogP contribution in [0.25, 0.3) is 11.4 Å². The first-order valence-electron chi connectivity index (χ1n) is 9.67. The normalized spacial score (nSPS) is 17.1. The molecular formula is C20H28N4O3. The molecule has 2 heterocycles. The van der Waals surface area contributed by atoms with Crippen LogP contribution in [-0.4, -0.2) is 47.7 Å². The van der Waals surface area contributed by atoms with Crippen molar-refractivity contribution >= 4 is 5.91 Å². The van der Waals surface area contributed by atoms with E-state index in [0.29, 0.717) is 31.2 Å². The molecule has 1 aromatic heterocycles. The number of nitrogens with two attached hydrogens (primary N) is 1. The van der Waals surface area contributed by atoms with Gasteiger partial charge < -0.3 is 19.9 Å². The lowest BCUT2D eigenvalue weighted by atomic mass is 9.97. The van der Waals surface area contributed by atoms with Gasteiger partial charge in [-0.25, -0.2) is 0 Å². The highest BCUT2D eigenvalue weighted by Gasteiger charge is 2.28. The van der Waals surface area contributed by atoms with Gasteiger partial charge in [0.2, 0.25) is 17.6 Å². The molecule has 0 spiro atoms. The van der Waals surface area contributed by atoms with Crippen molar-refractivity contribution in [3.05, 3.63) is 30.2 Å². The molecule has 1 amide bonds. The van der Waals surface area contributed by atoms with Crippen molar-refractivity contribution in [2.45, 2.75) is 44.4 Å². The fourth-order valence-corrected chi connectivity index (χ4v) is 3.42. The largest absolute Gasteiger partial charge is 0.497 e. The first-order chi connectivity index (χ1) is 13.2. The van der Waals surface area contributed by atoms with Crippen LogP contribution in [0.3, 0.4) is 0 Å². The highest BCUT2D eigenvalue weighted by molar-refractivity contribution is 5.76. The summed E-state index contributed by atoms with van der Waals surface area (Å²) < 4.78 is 10.7. The topological polar surface area (TPSA) is 94.5 Å². The maximum Gasteiger partial charge on any atom is 0.231 e. The fraction of sp³-hybridized carbons (Fsp3) is 0.550. The van der Waals surface area contributed by atoms with Crippen LogP contribution in [-0.2, 0) is 4.79 Å². The highest BCUT2D eigenvalue weighted by atomic mass is 16.5. The molecule has 1 atom stereocenters. The molecule has 2 aromatic rings. The lowest BCUT2D eigenvalue weighted by molar-refractivity contribution is -0.132. The summed E-state index contributed by atoms with van der Waals surface area (Å²) in [6, 6.07) is 7.56. The van der Waals surface area contributed by atoms with Crippen molar-refractivity contribution in [2.75, 3.05) is 26.7 Å². The van der Waals surface area contributed by atoms with Crippen LogP contribution in [0.15, 0.2) is 28.8 Å². The van der Waals surface area contributed by atoms with Gasteiger partial charge in [0.25, 0.3) is 0 Å². The minimum Gasteiger partial charge on any atom is -0.497 e. The van der Waals surface area contributed by atoms with E-state index >= 15 is 0 Å². The molecule has 1 aliphatic heterocycles. The van der Waals surface area contributed by atoms with Gasteiger partial charge in [-0.1, -0.05) is 11.6 Å². The molecule has 3 rings (SSSR count). The van der Waals surface area contributed by atoms with Gasteiger partial charge in [0.15, 0.2) is 0 Å². The summed E-state index contributed by atoms with van der Waals surface area (Å²) in [7, 11) is 1.63. The molecule has 1 saturated heterocycles. The number of methoxy groups -OCH3 is 1. The predicted octanol–water partition coefficient (Wildman–Crippen LogP) is 2.97. The zero-order chi connectivity index (χ0) is 19.1. The summed E-state index contributed by atoms with van der Waals surface area (Å²) in [4.78, 5) is 18.9. The summed E-state index contributed by atoms with van der Waals surface area (Å²) in [5.74, 6) is 2.28. The van der Waals surface area contributed by atoms with E-state index in [0.717, 1.165) is 50.0 Å². The van der Waals surface area contributed by atoms with Gasteiger partial charge in [-0.2, -0.15) is 4.98 Å². The van der Waals surface area contributed by atoms with E-state index in [1.165, 1.54) is 0 Å². The van der Waals surface area contributed by atoms with Crippen LogP contribution in [0.5, 0.6) is 5.75 Å². The molecular weight excluding hydrogens is 344 g/mol.